The van der Waals surface area contributed by atoms with Crippen molar-refractivity contribution < 1.29 is 9.53 Å². The molecular weight excluding hydrogens is 323 g/mol. The molecule has 1 fully saturated rings. The van der Waals surface area contributed by atoms with Gasteiger partial charge in [0.1, 0.15) is 5.75 Å². The molecule has 0 saturated heterocycles. The molecule has 2 atom stereocenters. The summed E-state index contributed by atoms with van der Waals surface area (Å²) >= 11 is 6.02. The van der Waals surface area contributed by atoms with Gasteiger partial charge >= 0.3 is 0 Å². The average molecular weight is 347 g/mol. The van der Waals surface area contributed by atoms with Crippen LogP contribution in [0.2, 0.25) is 5.02 Å². The van der Waals surface area contributed by atoms with Crippen LogP contribution in [0.15, 0.2) is 18.2 Å². The molecule has 1 aliphatic carbocycles. The van der Waals surface area contributed by atoms with E-state index in [0.717, 1.165) is 25.7 Å². The van der Waals surface area contributed by atoms with Gasteiger partial charge in [0.05, 0.1) is 12.3 Å². The van der Waals surface area contributed by atoms with Gasteiger partial charge in [-0.15, -0.1) is 12.4 Å². The van der Waals surface area contributed by atoms with E-state index >= 15 is 0 Å². The van der Waals surface area contributed by atoms with Crippen LogP contribution in [0.25, 0.3) is 0 Å². The molecule has 124 valence electrons. The van der Waals surface area contributed by atoms with Gasteiger partial charge in [-0.25, -0.2) is 0 Å². The molecule has 3 N–H and O–H groups in total. The molecule has 1 saturated carbocycles. The molecule has 6 heteroatoms. The number of hydrogen-bond acceptors (Lipinski definition) is 3. The first kappa shape index (κ1) is 19.1. The minimum atomic E-state index is -0.00648. The van der Waals surface area contributed by atoms with Crippen molar-refractivity contribution in [3.8, 4) is 5.75 Å². The van der Waals surface area contributed by atoms with Crippen molar-refractivity contribution in [3.05, 3.63) is 23.2 Å². The molecule has 0 spiro atoms. The molecule has 1 aromatic carbocycles. The third kappa shape index (κ3) is 4.77. The zero-order chi connectivity index (χ0) is 15.2. The summed E-state index contributed by atoms with van der Waals surface area (Å²) in [6.07, 6.45) is 3.91. The third-order valence-electron chi connectivity index (χ3n) is 3.96. The van der Waals surface area contributed by atoms with Gasteiger partial charge in [0.15, 0.2) is 0 Å². The molecule has 1 amide bonds. The zero-order valence-corrected chi connectivity index (χ0v) is 14.4. The summed E-state index contributed by atoms with van der Waals surface area (Å²) in [6.45, 7) is 3.21. The topological polar surface area (TPSA) is 64.3 Å². The maximum Gasteiger partial charge on any atom is 0.227 e. The predicted octanol–water partition coefficient (Wildman–Crippen LogP) is 3.86. The summed E-state index contributed by atoms with van der Waals surface area (Å²) in [4.78, 5) is 12.5. The van der Waals surface area contributed by atoms with E-state index in [9.17, 15) is 4.79 Å². The van der Waals surface area contributed by atoms with Crippen LogP contribution in [-0.2, 0) is 4.79 Å². The number of rotatable bonds is 6. The van der Waals surface area contributed by atoms with Crippen molar-refractivity contribution in [1.29, 1.82) is 0 Å². The van der Waals surface area contributed by atoms with Crippen LogP contribution in [-0.4, -0.2) is 19.1 Å². The Morgan fingerprint density at radius 3 is 2.91 bits per heavy atom. The lowest BCUT2D eigenvalue weighted by atomic mass is 9.95. The maximum absolute atomic E-state index is 12.5. The van der Waals surface area contributed by atoms with E-state index in [1.165, 1.54) is 0 Å². The lowest BCUT2D eigenvalue weighted by Crippen LogP contribution is -2.29. The number of halogens is 2. The van der Waals surface area contributed by atoms with Crippen molar-refractivity contribution >= 4 is 35.6 Å². The van der Waals surface area contributed by atoms with Crippen LogP contribution in [0.3, 0.4) is 0 Å². The molecule has 0 unspecified atom stereocenters. The summed E-state index contributed by atoms with van der Waals surface area (Å²) in [6, 6.07) is 5.29. The van der Waals surface area contributed by atoms with Crippen molar-refractivity contribution in [1.82, 2.24) is 0 Å². The monoisotopic (exact) mass is 346 g/mol. The molecule has 1 aliphatic rings. The summed E-state index contributed by atoms with van der Waals surface area (Å²) in [7, 11) is 0. The van der Waals surface area contributed by atoms with E-state index in [1.54, 1.807) is 18.2 Å². The molecule has 1 aromatic rings. The first-order valence-electron chi connectivity index (χ1n) is 7.59. The number of benzene rings is 1. The molecule has 2 rings (SSSR count). The fourth-order valence-electron chi connectivity index (χ4n) is 2.83. The van der Waals surface area contributed by atoms with Crippen molar-refractivity contribution in [3.63, 3.8) is 0 Å². The van der Waals surface area contributed by atoms with Gasteiger partial charge in [-0.05, 0) is 49.9 Å². The maximum atomic E-state index is 12.5. The Bertz CT molecular complexity index is 497. The van der Waals surface area contributed by atoms with Crippen LogP contribution in [0, 0.1) is 11.8 Å². The van der Waals surface area contributed by atoms with Gasteiger partial charge in [0.2, 0.25) is 5.91 Å². The van der Waals surface area contributed by atoms with E-state index in [1.807, 2.05) is 6.92 Å². The van der Waals surface area contributed by atoms with E-state index < -0.39 is 0 Å². The van der Waals surface area contributed by atoms with Gasteiger partial charge in [-0.2, -0.15) is 0 Å². The highest BCUT2D eigenvalue weighted by Crippen LogP contribution is 2.34. The molecular formula is C16H24Cl2N2O2. The number of nitrogens with two attached hydrogens (primary N) is 1. The van der Waals surface area contributed by atoms with Crippen molar-refractivity contribution in [2.75, 3.05) is 18.5 Å². The van der Waals surface area contributed by atoms with Crippen LogP contribution in [0.4, 0.5) is 5.69 Å². The molecule has 22 heavy (non-hydrogen) atoms. The lowest BCUT2D eigenvalue weighted by molar-refractivity contribution is -0.120. The fraction of sp³-hybridized carbons (Fsp3) is 0.562. The van der Waals surface area contributed by atoms with E-state index in [0.29, 0.717) is 29.6 Å². The number of hydrogen-bond donors (Lipinski definition) is 2. The first-order chi connectivity index (χ1) is 10.2. The van der Waals surface area contributed by atoms with Gasteiger partial charge in [-0.3, -0.25) is 4.79 Å². The van der Waals surface area contributed by atoms with Crippen molar-refractivity contribution in [2.24, 2.45) is 17.6 Å². The Morgan fingerprint density at radius 1 is 1.45 bits per heavy atom. The summed E-state index contributed by atoms with van der Waals surface area (Å²) < 4.78 is 5.66. The normalized spacial score (nSPS) is 20.3. The standard InChI is InChI=1S/C16H23ClN2O2.ClH/c1-2-8-21-15-7-6-12(17)9-14(15)19-16(20)13-5-3-4-11(13)10-18;/h6-7,9,11,13H,2-5,8,10,18H2,1H3,(H,19,20);1H/t11-,13-;/m1./s1. The van der Waals surface area contributed by atoms with Crippen molar-refractivity contribution in [2.45, 2.75) is 32.6 Å². The molecule has 4 nitrogen and oxygen atoms in total. The number of carbonyl (C=O) groups is 1. The minimum Gasteiger partial charge on any atom is -0.491 e. The summed E-state index contributed by atoms with van der Waals surface area (Å²) in [5, 5.41) is 3.54. The second-order valence-corrected chi connectivity index (χ2v) is 5.95. The van der Waals surface area contributed by atoms with Crippen LogP contribution < -0.4 is 15.8 Å². The second kappa shape index (κ2) is 9.23. The average Bonchev–Trinajstić information content (AvgIpc) is 2.95. The van der Waals surface area contributed by atoms with Crippen LogP contribution in [0.1, 0.15) is 32.6 Å². The summed E-state index contributed by atoms with van der Waals surface area (Å²) in [5.74, 6) is 0.959. The lowest BCUT2D eigenvalue weighted by Gasteiger charge is -2.19. The van der Waals surface area contributed by atoms with Gasteiger partial charge in [0.25, 0.3) is 0 Å². The van der Waals surface area contributed by atoms with Crippen LogP contribution in [0.5, 0.6) is 5.75 Å². The van der Waals surface area contributed by atoms with Gasteiger partial charge < -0.3 is 15.8 Å². The molecule has 0 heterocycles. The molecule has 0 radical (unpaired) electrons. The summed E-state index contributed by atoms with van der Waals surface area (Å²) in [5.41, 5.74) is 6.39. The largest absolute Gasteiger partial charge is 0.491 e. The number of ether oxygens (including phenoxy) is 1. The second-order valence-electron chi connectivity index (χ2n) is 5.51. The Balaban J connectivity index is 0.00000242. The highest BCUT2D eigenvalue weighted by Gasteiger charge is 2.32. The molecule has 0 aromatic heterocycles. The first-order valence-corrected chi connectivity index (χ1v) is 7.96. The van der Waals surface area contributed by atoms with Gasteiger partial charge in [0, 0.05) is 10.9 Å². The van der Waals surface area contributed by atoms with Gasteiger partial charge in [-0.1, -0.05) is 24.9 Å². The Labute approximate surface area is 143 Å². The Kier molecular flexibility index (Phi) is 8.01. The highest BCUT2D eigenvalue weighted by atomic mass is 35.5. The SMILES string of the molecule is CCCOc1ccc(Cl)cc1NC(=O)[C@@H]1CCC[C@@H]1CN.Cl. The Morgan fingerprint density at radius 2 is 2.23 bits per heavy atom. The molecule has 0 bridgehead atoms. The predicted molar refractivity (Wildman–Crippen MR) is 93.0 cm³/mol. The van der Waals surface area contributed by atoms with Crippen LogP contribution >= 0.6 is 24.0 Å². The third-order valence-corrected chi connectivity index (χ3v) is 4.19. The number of anilines is 1. The zero-order valence-electron chi connectivity index (χ0n) is 12.8. The van der Waals surface area contributed by atoms with E-state index in [4.69, 9.17) is 22.1 Å². The number of amides is 1. The van der Waals surface area contributed by atoms with E-state index in [-0.39, 0.29) is 30.2 Å². The number of carbonyl (C=O) groups excluding carboxylic acids is 1. The van der Waals surface area contributed by atoms with E-state index in [2.05, 4.69) is 5.32 Å². The Hall–Kier alpha value is -0.970. The molecule has 0 aliphatic heterocycles. The highest BCUT2D eigenvalue weighted by molar-refractivity contribution is 6.31. The minimum absolute atomic E-state index is 0. The smallest absolute Gasteiger partial charge is 0.227 e. The fourth-order valence-corrected chi connectivity index (χ4v) is 3.00. The quantitative estimate of drug-likeness (QED) is 0.821. The number of nitrogens with one attached hydrogen (secondary N) is 1.